The number of hydrogen-bond donors (Lipinski definition) is 2. The molecule has 1 fully saturated rings. The van der Waals surface area contributed by atoms with Gasteiger partial charge in [0.25, 0.3) is 0 Å². The van der Waals surface area contributed by atoms with Gasteiger partial charge in [-0.3, -0.25) is 4.79 Å². The molecule has 2 N–H and O–H groups in total. The lowest BCUT2D eigenvalue weighted by atomic mass is 10.2. The number of piperazine rings is 1. The number of ether oxygens (including phenoxy) is 1. The summed E-state index contributed by atoms with van der Waals surface area (Å²) in [4.78, 5) is 41.2. The lowest BCUT2D eigenvalue weighted by Gasteiger charge is -2.40. The first-order chi connectivity index (χ1) is 15.2. The van der Waals surface area contributed by atoms with Crippen molar-refractivity contribution in [3.05, 3.63) is 29.8 Å². The van der Waals surface area contributed by atoms with Gasteiger partial charge in [-0.15, -0.1) is 11.3 Å². The Morgan fingerprint density at radius 2 is 2.06 bits per heavy atom. The molecule has 10 heteroatoms. The second-order valence-corrected chi connectivity index (χ2v) is 9.68. The summed E-state index contributed by atoms with van der Waals surface area (Å²) >= 11 is 1.57. The van der Waals surface area contributed by atoms with Crippen molar-refractivity contribution in [1.29, 1.82) is 0 Å². The molecule has 3 heterocycles. The Morgan fingerprint density at radius 1 is 1.28 bits per heavy atom. The Labute approximate surface area is 190 Å². The molecule has 1 aromatic carbocycles. The maximum atomic E-state index is 12.7. The van der Waals surface area contributed by atoms with Gasteiger partial charge in [-0.25, -0.2) is 14.8 Å². The highest BCUT2D eigenvalue weighted by Crippen LogP contribution is 2.34. The number of hydrogen-bond acceptors (Lipinski definition) is 7. The third-order valence-corrected chi connectivity index (χ3v) is 6.07. The predicted molar refractivity (Wildman–Crippen MR) is 125 cm³/mol. The molecule has 1 aliphatic heterocycles. The Balaban J connectivity index is 1.39. The van der Waals surface area contributed by atoms with Crippen LogP contribution in [0.4, 0.5) is 9.80 Å². The number of benzene rings is 1. The Bertz CT molecular complexity index is 1090. The lowest BCUT2D eigenvalue weighted by Crippen LogP contribution is -2.56. The van der Waals surface area contributed by atoms with Crippen molar-refractivity contribution < 1.29 is 14.3 Å². The first-order valence-corrected chi connectivity index (χ1v) is 11.5. The van der Waals surface area contributed by atoms with Crippen LogP contribution in [0.2, 0.25) is 0 Å². The fraction of sp³-hybridized carbons (Fsp3) is 0.455. The molecule has 1 aliphatic rings. The molecule has 0 aliphatic carbocycles. The third kappa shape index (κ3) is 4.85. The molecule has 32 heavy (non-hydrogen) atoms. The van der Waals surface area contributed by atoms with Crippen molar-refractivity contribution >= 4 is 39.4 Å². The molecule has 0 radical (unpaired) electrons. The van der Waals surface area contributed by atoms with Gasteiger partial charge in [0.2, 0.25) is 5.91 Å². The Kier molecular flexibility index (Phi) is 6.05. The first-order valence-electron chi connectivity index (χ1n) is 10.6. The van der Waals surface area contributed by atoms with E-state index in [1.165, 1.54) is 0 Å². The van der Waals surface area contributed by atoms with E-state index in [1.54, 1.807) is 37.0 Å². The van der Waals surface area contributed by atoms with Crippen LogP contribution in [0.5, 0.6) is 0 Å². The van der Waals surface area contributed by atoms with Crippen LogP contribution in [0.15, 0.2) is 29.8 Å². The van der Waals surface area contributed by atoms with E-state index in [4.69, 9.17) is 4.74 Å². The van der Waals surface area contributed by atoms with E-state index in [0.717, 1.165) is 27.6 Å². The molecule has 2 aromatic heterocycles. The van der Waals surface area contributed by atoms with Crippen LogP contribution in [-0.4, -0.2) is 69.7 Å². The second kappa shape index (κ2) is 8.78. The number of nitrogens with zero attached hydrogens (tertiary/aromatic N) is 4. The number of nitrogens with one attached hydrogen (secondary N) is 2. The second-order valence-electron chi connectivity index (χ2n) is 8.85. The summed E-state index contributed by atoms with van der Waals surface area (Å²) in [5.74, 6) is 0.625. The summed E-state index contributed by atoms with van der Waals surface area (Å²) < 4.78 is 5.20. The molecule has 4 rings (SSSR count). The predicted octanol–water partition coefficient (Wildman–Crippen LogP) is 3.25. The number of rotatable bonds is 4. The molecule has 2 amide bonds. The van der Waals surface area contributed by atoms with E-state index in [1.807, 2.05) is 36.7 Å². The number of H-pyrrole nitrogens is 1. The summed E-state index contributed by atoms with van der Waals surface area (Å²) in [6.45, 7) is 9.21. The summed E-state index contributed by atoms with van der Waals surface area (Å²) in [7, 11) is 0. The van der Waals surface area contributed by atoms with Crippen LogP contribution in [0.1, 0.15) is 27.7 Å². The van der Waals surface area contributed by atoms with Gasteiger partial charge in [-0.1, -0.05) is 12.1 Å². The van der Waals surface area contributed by atoms with Gasteiger partial charge in [-0.05, 0) is 39.8 Å². The monoisotopic (exact) mass is 456 g/mol. The van der Waals surface area contributed by atoms with Crippen LogP contribution in [0, 0.1) is 0 Å². The van der Waals surface area contributed by atoms with Crippen molar-refractivity contribution in [2.45, 2.75) is 39.3 Å². The summed E-state index contributed by atoms with van der Waals surface area (Å²) in [6, 6.07) is 7.89. The van der Waals surface area contributed by atoms with Crippen LogP contribution < -0.4 is 10.2 Å². The zero-order valence-electron chi connectivity index (χ0n) is 18.7. The normalized spacial score (nSPS) is 16.9. The number of aromatic nitrogens is 3. The van der Waals surface area contributed by atoms with Crippen molar-refractivity contribution in [3.63, 3.8) is 0 Å². The van der Waals surface area contributed by atoms with E-state index in [2.05, 4.69) is 25.2 Å². The van der Waals surface area contributed by atoms with Crippen LogP contribution in [-0.2, 0) is 9.53 Å². The zero-order valence-corrected chi connectivity index (χ0v) is 19.5. The minimum Gasteiger partial charge on any atom is -0.444 e. The van der Waals surface area contributed by atoms with Gasteiger partial charge in [0.05, 0.1) is 16.5 Å². The van der Waals surface area contributed by atoms with Crippen molar-refractivity contribution in [2.75, 3.05) is 31.1 Å². The number of anilines is 1. The highest BCUT2D eigenvalue weighted by atomic mass is 32.1. The van der Waals surface area contributed by atoms with Crippen molar-refractivity contribution in [3.8, 4) is 11.5 Å². The topological polar surface area (TPSA) is 103 Å². The summed E-state index contributed by atoms with van der Waals surface area (Å²) in [5, 5.41) is 3.59. The molecule has 170 valence electrons. The molecule has 0 bridgehead atoms. The number of carbonyl (C=O) groups is 2. The molecule has 0 saturated carbocycles. The van der Waals surface area contributed by atoms with Gasteiger partial charge < -0.3 is 24.8 Å². The molecule has 1 unspecified atom stereocenters. The van der Waals surface area contributed by atoms with Crippen molar-refractivity contribution in [2.24, 2.45) is 0 Å². The highest BCUT2D eigenvalue weighted by molar-refractivity contribution is 7.14. The van der Waals surface area contributed by atoms with E-state index in [9.17, 15) is 9.59 Å². The largest absolute Gasteiger partial charge is 0.444 e. The third-order valence-electron chi connectivity index (χ3n) is 5.18. The number of thiazole rings is 1. The average molecular weight is 457 g/mol. The molecule has 0 spiro atoms. The van der Waals surface area contributed by atoms with E-state index < -0.39 is 11.7 Å². The first kappa shape index (κ1) is 22.1. The lowest BCUT2D eigenvalue weighted by molar-refractivity contribution is -0.132. The van der Waals surface area contributed by atoms with Crippen LogP contribution in [0.25, 0.3) is 22.6 Å². The molecule has 3 aromatic rings. The smallest absolute Gasteiger partial charge is 0.408 e. The SMILES string of the molecule is CC1CN(c2scnc2-c2nc3ccccc3[nH]2)CCN1C(=O)CNC(=O)OC(C)(C)C. The fourth-order valence-corrected chi connectivity index (χ4v) is 4.60. The summed E-state index contributed by atoms with van der Waals surface area (Å²) in [6.07, 6.45) is -0.586. The number of amides is 2. The van der Waals surface area contributed by atoms with Crippen molar-refractivity contribution in [1.82, 2.24) is 25.2 Å². The molecular formula is C22H28N6O3S. The van der Waals surface area contributed by atoms with Gasteiger partial charge in [0.1, 0.15) is 22.8 Å². The minimum absolute atomic E-state index is 0.0118. The van der Waals surface area contributed by atoms with Crippen LogP contribution in [0.3, 0.4) is 0 Å². The quantitative estimate of drug-likeness (QED) is 0.625. The molecule has 9 nitrogen and oxygen atoms in total. The zero-order chi connectivity index (χ0) is 22.9. The fourth-order valence-electron chi connectivity index (χ4n) is 3.77. The maximum Gasteiger partial charge on any atom is 0.408 e. The average Bonchev–Trinajstić information content (AvgIpc) is 3.37. The Hall–Kier alpha value is -3.14. The molecule has 1 saturated heterocycles. The highest BCUT2D eigenvalue weighted by Gasteiger charge is 2.30. The summed E-state index contributed by atoms with van der Waals surface area (Å²) in [5.41, 5.74) is 3.93. The number of imidazole rings is 1. The Morgan fingerprint density at radius 3 is 2.78 bits per heavy atom. The number of carbonyl (C=O) groups excluding carboxylic acids is 2. The number of para-hydroxylation sites is 2. The van der Waals surface area contributed by atoms with Gasteiger partial charge >= 0.3 is 6.09 Å². The number of alkyl carbamates (subject to hydrolysis) is 1. The van der Waals surface area contributed by atoms with Gasteiger partial charge in [-0.2, -0.15) is 0 Å². The minimum atomic E-state index is -0.599. The maximum absolute atomic E-state index is 12.7. The van der Waals surface area contributed by atoms with E-state index in [-0.39, 0.29) is 18.5 Å². The standard InChI is InChI=1S/C22H28N6O3S/c1-14-12-27(9-10-28(14)17(29)11-23-21(30)31-22(2,3)4)20-18(24-13-32-20)19-25-15-7-5-6-8-16(15)26-19/h5-8,13-14H,9-12H2,1-4H3,(H,23,30)(H,25,26). The molecule has 1 atom stereocenters. The van der Waals surface area contributed by atoms with Gasteiger partial charge in [0, 0.05) is 25.7 Å². The van der Waals surface area contributed by atoms with E-state index in [0.29, 0.717) is 19.6 Å². The van der Waals surface area contributed by atoms with E-state index >= 15 is 0 Å². The number of fused-ring (bicyclic) bond motifs is 1. The molecular weight excluding hydrogens is 428 g/mol. The van der Waals surface area contributed by atoms with Gasteiger partial charge in [0.15, 0.2) is 5.82 Å². The van der Waals surface area contributed by atoms with Crippen LogP contribution >= 0.6 is 11.3 Å². The number of aromatic amines is 1.